The Morgan fingerprint density at radius 1 is 1.24 bits per heavy atom. The molecule has 1 saturated heterocycles. The Morgan fingerprint density at radius 3 is 2.48 bits per heavy atom. The molecule has 1 aliphatic heterocycles. The molecule has 2 fully saturated rings. The minimum atomic E-state index is -0.597. The van der Waals surface area contributed by atoms with Crippen molar-refractivity contribution in [3.8, 4) is 0 Å². The highest BCUT2D eigenvalue weighted by Gasteiger charge is 2.44. The average Bonchev–Trinajstić information content (AvgIpc) is 3.00. The number of carbonyl (C=O) groups excluding carboxylic acids is 2. The molecule has 3 N–H and O–H groups in total. The smallest absolute Gasteiger partial charge is 0.249 e. The average molecular weight is 343 g/mol. The normalized spacial score (nSPS) is 23.4. The number of hydrogen-bond acceptors (Lipinski definition) is 3. The number of piperidine rings is 1. The molecule has 136 valence electrons. The minimum Gasteiger partial charge on any atom is -0.341 e. The molecule has 2 amide bonds. The van der Waals surface area contributed by atoms with Crippen molar-refractivity contribution in [3.05, 3.63) is 35.9 Å². The summed E-state index contributed by atoms with van der Waals surface area (Å²) in [4.78, 5) is 27.0. The van der Waals surface area contributed by atoms with Gasteiger partial charge in [-0.2, -0.15) is 0 Å². The summed E-state index contributed by atoms with van der Waals surface area (Å²) in [5.74, 6) is -0.108. The van der Waals surface area contributed by atoms with Crippen molar-refractivity contribution in [2.75, 3.05) is 13.1 Å². The lowest BCUT2D eigenvalue weighted by molar-refractivity contribution is -0.138. The van der Waals surface area contributed by atoms with Gasteiger partial charge in [-0.3, -0.25) is 9.59 Å². The van der Waals surface area contributed by atoms with Gasteiger partial charge in [0, 0.05) is 25.6 Å². The Morgan fingerprint density at radius 2 is 1.92 bits per heavy atom. The van der Waals surface area contributed by atoms with Crippen molar-refractivity contribution in [1.29, 1.82) is 0 Å². The largest absolute Gasteiger partial charge is 0.341 e. The lowest BCUT2D eigenvalue weighted by atomic mass is 9.74. The third-order valence-corrected chi connectivity index (χ3v) is 6.05. The zero-order valence-electron chi connectivity index (χ0n) is 15.0. The molecule has 2 unspecified atom stereocenters. The fourth-order valence-corrected chi connectivity index (χ4v) is 4.34. The first-order valence-electron chi connectivity index (χ1n) is 9.44. The van der Waals surface area contributed by atoms with Gasteiger partial charge in [0.25, 0.3) is 0 Å². The van der Waals surface area contributed by atoms with E-state index in [1.807, 2.05) is 35.2 Å². The summed E-state index contributed by atoms with van der Waals surface area (Å²) in [6, 6.07) is 9.19. The number of rotatable bonds is 4. The monoisotopic (exact) mass is 343 g/mol. The van der Waals surface area contributed by atoms with E-state index < -0.39 is 6.04 Å². The van der Waals surface area contributed by atoms with Crippen LogP contribution in [0.5, 0.6) is 0 Å². The Labute approximate surface area is 150 Å². The number of amides is 2. The predicted octanol–water partition coefficient (Wildman–Crippen LogP) is 2.37. The zero-order valence-corrected chi connectivity index (χ0v) is 15.0. The third-order valence-electron chi connectivity index (χ3n) is 6.05. The minimum absolute atomic E-state index is 0.00517. The molecule has 1 aromatic carbocycles. The molecule has 0 bridgehead atoms. The Bertz CT molecular complexity index is 609. The van der Waals surface area contributed by atoms with Gasteiger partial charge in [0.15, 0.2) is 0 Å². The van der Waals surface area contributed by atoms with Crippen molar-refractivity contribution in [2.24, 2.45) is 11.1 Å². The fraction of sp³-hybridized carbons (Fsp3) is 0.600. The van der Waals surface area contributed by atoms with Crippen LogP contribution in [0.2, 0.25) is 0 Å². The maximum absolute atomic E-state index is 13.1. The van der Waals surface area contributed by atoms with Crippen LogP contribution in [-0.4, -0.2) is 35.8 Å². The molecule has 1 aliphatic carbocycles. The van der Waals surface area contributed by atoms with E-state index in [4.69, 9.17) is 5.73 Å². The summed E-state index contributed by atoms with van der Waals surface area (Å²) in [5, 5.41) is 2.90. The molecule has 5 nitrogen and oxygen atoms in total. The van der Waals surface area contributed by atoms with Gasteiger partial charge in [0.2, 0.25) is 11.8 Å². The van der Waals surface area contributed by atoms with E-state index in [2.05, 4.69) is 5.32 Å². The molecular weight excluding hydrogens is 314 g/mol. The summed E-state index contributed by atoms with van der Waals surface area (Å²) in [7, 11) is 0. The van der Waals surface area contributed by atoms with Crippen molar-refractivity contribution in [1.82, 2.24) is 10.2 Å². The number of nitrogens with two attached hydrogens (primary N) is 1. The van der Waals surface area contributed by atoms with Crippen molar-refractivity contribution >= 4 is 11.8 Å². The quantitative estimate of drug-likeness (QED) is 0.881. The lowest BCUT2D eigenvalue weighted by Gasteiger charge is -2.43. The Balaban J connectivity index is 1.71. The SMILES string of the molecule is CCC(=O)NC(C(=O)N1CCC2(CCCC2N)CC1)c1ccccc1. The fourth-order valence-electron chi connectivity index (χ4n) is 4.34. The van der Waals surface area contributed by atoms with Gasteiger partial charge in [-0.05, 0) is 36.7 Å². The van der Waals surface area contributed by atoms with Crippen molar-refractivity contribution < 1.29 is 9.59 Å². The Kier molecular flexibility index (Phi) is 5.42. The second-order valence-electron chi connectivity index (χ2n) is 7.45. The van der Waals surface area contributed by atoms with Crippen LogP contribution in [0.4, 0.5) is 0 Å². The van der Waals surface area contributed by atoms with Crippen LogP contribution in [0.25, 0.3) is 0 Å². The van der Waals surface area contributed by atoms with Crippen molar-refractivity contribution in [3.63, 3.8) is 0 Å². The molecular formula is C20H29N3O2. The first-order valence-corrected chi connectivity index (χ1v) is 9.44. The molecule has 0 radical (unpaired) electrons. The second kappa shape index (κ2) is 7.56. The number of likely N-dealkylation sites (tertiary alicyclic amines) is 1. The van der Waals surface area contributed by atoms with Crippen LogP contribution in [0.1, 0.15) is 57.1 Å². The second-order valence-corrected chi connectivity index (χ2v) is 7.45. The summed E-state index contributed by atoms with van der Waals surface area (Å²) in [6.45, 7) is 3.27. The topological polar surface area (TPSA) is 75.4 Å². The number of hydrogen-bond donors (Lipinski definition) is 2. The predicted molar refractivity (Wildman–Crippen MR) is 97.7 cm³/mol. The van der Waals surface area contributed by atoms with Crippen LogP contribution in [0.15, 0.2) is 30.3 Å². The molecule has 1 saturated carbocycles. The van der Waals surface area contributed by atoms with E-state index in [0.29, 0.717) is 6.42 Å². The van der Waals surface area contributed by atoms with Crippen LogP contribution in [0.3, 0.4) is 0 Å². The number of nitrogens with one attached hydrogen (secondary N) is 1. The molecule has 0 aromatic heterocycles. The number of nitrogens with zero attached hydrogens (tertiary/aromatic N) is 1. The highest BCUT2D eigenvalue weighted by molar-refractivity contribution is 5.88. The number of benzene rings is 1. The summed E-state index contributed by atoms with van der Waals surface area (Å²) < 4.78 is 0. The van der Waals surface area contributed by atoms with Gasteiger partial charge in [-0.1, -0.05) is 43.7 Å². The van der Waals surface area contributed by atoms with E-state index in [-0.39, 0.29) is 23.3 Å². The summed E-state index contributed by atoms with van der Waals surface area (Å²) >= 11 is 0. The maximum atomic E-state index is 13.1. The van der Waals surface area contributed by atoms with E-state index in [9.17, 15) is 9.59 Å². The van der Waals surface area contributed by atoms with Gasteiger partial charge in [0.1, 0.15) is 6.04 Å². The molecule has 2 aliphatic rings. The van der Waals surface area contributed by atoms with Crippen LogP contribution in [-0.2, 0) is 9.59 Å². The van der Waals surface area contributed by atoms with E-state index in [1.165, 1.54) is 12.8 Å². The highest BCUT2D eigenvalue weighted by atomic mass is 16.2. The van der Waals surface area contributed by atoms with Crippen molar-refractivity contribution in [2.45, 2.75) is 57.5 Å². The van der Waals surface area contributed by atoms with Gasteiger partial charge >= 0.3 is 0 Å². The van der Waals surface area contributed by atoms with E-state index >= 15 is 0 Å². The summed E-state index contributed by atoms with van der Waals surface area (Å²) in [5.41, 5.74) is 7.41. The van der Waals surface area contributed by atoms with Crippen LogP contribution < -0.4 is 11.1 Å². The molecule has 2 atom stereocenters. The molecule has 25 heavy (non-hydrogen) atoms. The molecule has 5 heteroatoms. The van der Waals surface area contributed by atoms with Crippen LogP contribution >= 0.6 is 0 Å². The van der Waals surface area contributed by atoms with E-state index in [0.717, 1.165) is 37.9 Å². The lowest BCUT2D eigenvalue weighted by Crippen LogP contribution is -2.51. The highest BCUT2D eigenvalue weighted by Crippen LogP contribution is 2.45. The van der Waals surface area contributed by atoms with Gasteiger partial charge in [-0.15, -0.1) is 0 Å². The van der Waals surface area contributed by atoms with E-state index in [1.54, 1.807) is 6.92 Å². The molecule has 1 aromatic rings. The first-order chi connectivity index (χ1) is 12.1. The first kappa shape index (κ1) is 17.9. The standard InChI is InChI=1S/C20H29N3O2/c1-2-17(24)22-18(15-7-4-3-5-8-15)19(25)23-13-11-20(12-14-23)10-6-9-16(20)21/h3-5,7-8,16,18H,2,6,9-14,21H2,1H3,(H,22,24). The molecule has 3 rings (SSSR count). The van der Waals surface area contributed by atoms with Crippen LogP contribution in [0, 0.1) is 5.41 Å². The van der Waals surface area contributed by atoms with Gasteiger partial charge < -0.3 is 16.0 Å². The maximum Gasteiger partial charge on any atom is 0.249 e. The molecule has 1 spiro atoms. The summed E-state index contributed by atoms with van der Waals surface area (Å²) in [6.07, 6.45) is 5.81. The third kappa shape index (κ3) is 3.71. The number of carbonyl (C=O) groups is 2. The Hall–Kier alpha value is -1.88. The van der Waals surface area contributed by atoms with Gasteiger partial charge in [-0.25, -0.2) is 0 Å². The zero-order chi connectivity index (χ0) is 17.9. The molecule has 1 heterocycles. The van der Waals surface area contributed by atoms with Gasteiger partial charge in [0.05, 0.1) is 0 Å².